The maximum atomic E-state index is 4.90. The lowest BCUT2D eigenvalue weighted by atomic mass is 10.5. The monoisotopic (exact) mass is 124 g/mol. The van der Waals surface area contributed by atoms with E-state index in [1.165, 1.54) is 0 Å². The van der Waals surface area contributed by atoms with Crippen molar-refractivity contribution in [3.05, 3.63) is 24.5 Å². The Hall–Kier alpha value is -1.14. The number of carbonyl (C=O) groups excluding carboxylic acids is 1. The van der Waals surface area contributed by atoms with Crippen LogP contribution in [0.25, 0.3) is 0 Å². The topological polar surface area (TPSA) is 20.5 Å². The summed E-state index contributed by atoms with van der Waals surface area (Å²) in [5.74, 6) is 3.24. The summed E-state index contributed by atoms with van der Waals surface area (Å²) < 4.78 is 9.73. The van der Waals surface area contributed by atoms with Crippen molar-refractivity contribution in [2.75, 3.05) is 6.61 Å². The molecule has 0 bridgehead atoms. The van der Waals surface area contributed by atoms with E-state index in [-0.39, 0.29) is 0 Å². The summed E-state index contributed by atoms with van der Waals surface area (Å²) in [6.07, 6.45) is 3.58. The summed E-state index contributed by atoms with van der Waals surface area (Å²) in [6, 6.07) is 0. The third-order valence-corrected chi connectivity index (χ3v) is 0.838. The SMILES string of the molecule is CC[O+]=C=C1C=C[CH-]O1. The molecular weight excluding hydrogens is 116 g/mol. The van der Waals surface area contributed by atoms with Crippen LogP contribution in [0.1, 0.15) is 6.92 Å². The number of hydrogen-bond donors (Lipinski definition) is 0. The second kappa shape index (κ2) is 3.00. The van der Waals surface area contributed by atoms with E-state index < -0.39 is 0 Å². The van der Waals surface area contributed by atoms with Crippen LogP contribution in [0.3, 0.4) is 0 Å². The Balaban J connectivity index is 2.60. The molecule has 0 spiro atoms. The summed E-state index contributed by atoms with van der Waals surface area (Å²) in [5.41, 5.74) is 0. The largest absolute Gasteiger partial charge is 0.555 e. The summed E-state index contributed by atoms with van der Waals surface area (Å²) in [4.78, 5) is 0. The zero-order valence-electron chi connectivity index (χ0n) is 5.26. The minimum atomic E-state index is 0.626. The van der Waals surface area contributed by atoms with Gasteiger partial charge in [-0.3, -0.25) is 0 Å². The Morgan fingerprint density at radius 1 is 1.89 bits per heavy atom. The molecule has 1 rings (SSSR count). The number of ether oxygens (including phenoxy) is 1. The van der Waals surface area contributed by atoms with Gasteiger partial charge in [0, 0.05) is 6.92 Å². The first kappa shape index (κ1) is 5.99. The molecule has 1 aliphatic heterocycles. The summed E-state index contributed by atoms with van der Waals surface area (Å²) in [6.45, 7) is 4.11. The lowest BCUT2D eigenvalue weighted by molar-refractivity contribution is 0.124. The molecule has 0 aromatic rings. The molecule has 2 nitrogen and oxygen atoms in total. The van der Waals surface area contributed by atoms with Crippen LogP contribution in [0.5, 0.6) is 0 Å². The Kier molecular flexibility index (Phi) is 2.00. The summed E-state index contributed by atoms with van der Waals surface area (Å²) >= 11 is 0. The molecule has 0 saturated heterocycles. The molecule has 0 amide bonds. The van der Waals surface area contributed by atoms with Gasteiger partial charge in [0.05, 0.1) is 0 Å². The highest BCUT2D eigenvalue weighted by molar-refractivity contribution is 5.56. The Morgan fingerprint density at radius 2 is 2.78 bits per heavy atom. The molecule has 48 valence electrons. The zero-order chi connectivity index (χ0) is 6.53. The van der Waals surface area contributed by atoms with Crippen molar-refractivity contribution in [1.82, 2.24) is 0 Å². The molecule has 0 atom stereocenters. The van der Waals surface area contributed by atoms with Crippen LogP contribution in [-0.2, 0) is 9.16 Å². The lowest BCUT2D eigenvalue weighted by Crippen LogP contribution is -1.79. The fourth-order valence-electron chi connectivity index (χ4n) is 0.480. The summed E-state index contributed by atoms with van der Waals surface area (Å²) in [7, 11) is 0. The standard InChI is InChI=1S/C7H8O2/c1-2-8-6-7-4-3-5-9-7/h3-5H,2H2,1H3. The Labute approximate surface area is 54.1 Å². The van der Waals surface area contributed by atoms with Crippen molar-refractivity contribution in [2.24, 2.45) is 0 Å². The second-order valence-electron chi connectivity index (χ2n) is 1.51. The van der Waals surface area contributed by atoms with Crippen LogP contribution in [0, 0.1) is 6.61 Å². The van der Waals surface area contributed by atoms with E-state index in [1.807, 2.05) is 6.92 Å². The van der Waals surface area contributed by atoms with Gasteiger partial charge in [0.1, 0.15) is 0 Å². The van der Waals surface area contributed by atoms with Crippen molar-refractivity contribution in [3.63, 3.8) is 0 Å². The number of allylic oxidation sites excluding steroid dienone is 1. The Morgan fingerprint density at radius 3 is 3.33 bits per heavy atom. The molecule has 0 aromatic carbocycles. The van der Waals surface area contributed by atoms with Gasteiger partial charge in [-0.05, 0) is 0 Å². The highest BCUT2D eigenvalue weighted by Gasteiger charge is 1.91. The Bertz CT molecular complexity index is 173. The fourth-order valence-corrected chi connectivity index (χ4v) is 0.480. The van der Waals surface area contributed by atoms with Gasteiger partial charge >= 0.3 is 5.94 Å². The molecule has 0 aliphatic carbocycles. The highest BCUT2D eigenvalue weighted by atomic mass is 16.5. The van der Waals surface area contributed by atoms with Gasteiger partial charge in [0.25, 0.3) is 6.61 Å². The van der Waals surface area contributed by atoms with Gasteiger partial charge in [-0.25, -0.2) is 4.42 Å². The maximum absolute atomic E-state index is 4.90. The smallest absolute Gasteiger partial charge is 0.368 e. The van der Waals surface area contributed by atoms with E-state index in [4.69, 9.17) is 9.16 Å². The molecule has 0 saturated carbocycles. The highest BCUT2D eigenvalue weighted by Crippen LogP contribution is 2.05. The second-order valence-corrected chi connectivity index (χ2v) is 1.51. The average molecular weight is 124 g/mol. The van der Waals surface area contributed by atoms with E-state index in [1.54, 1.807) is 18.8 Å². The van der Waals surface area contributed by atoms with Crippen molar-refractivity contribution < 1.29 is 9.16 Å². The van der Waals surface area contributed by atoms with Crippen LogP contribution in [0.4, 0.5) is 0 Å². The number of rotatable bonds is 1. The molecular formula is C7H8O2. The van der Waals surface area contributed by atoms with Crippen LogP contribution in [0.2, 0.25) is 0 Å². The van der Waals surface area contributed by atoms with E-state index in [0.717, 1.165) is 0 Å². The van der Waals surface area contributed by atoms with Crippen LogP contribution in [-0.4, -0.2) is 12.5 Å². The lowest BCUT2D eigenvalue weighted by Gasteiger charge is -1.93. The molecule has 0 unspecified atom stereocenters. The third-order valence-electron chi connectivity index (χ3n) is 0.838. The average Bonchev–Trinajstić information content (AvgIpc) is 2.34. The zero-order valence-corrected chi connectivity index (χ0v) is 5.26. The molecule has 1 aliphatic rings. The van der Waals surface area contributed by atoms with Crippen molar-refractivity contribution in [1.29, 1.82) is 0 Å². The molecule has 0 fully saturated rings. The van der Waals surface area contributed by atoms with Gasteiger partial charge in [0.15, 0.2) is 5.76 Å². The first-order valence-electron chi connectivity index (χ1n) is 2.85. The van der Waals surface area contributed by atoms with Gasteiger partial charge in [0.2, 0.25) is 0 Å². The quantitative estimate of drug-likeness (QED) is 0.290. The molecule has 0 N–H and O–H groups in total. The van der Waals surface area contributed by atoms with Crippen LogP contribution >= 0.6 is 0 Å². The van der Waals surface area contributed by atoms with Gasteiger partial charge in [-0.1, -0.05) is 6.61 Å². The first-order valence-corrected chi connectivity index (χ1v) is 2.85. The molecule has 0 radical (unpaired) electrons. The molecule has 9 heavy (non-hydrogen) atoms. The molecule has 1 heterocycles. The molecule has 2 heteroatoms. The van der Waals surface area contributed by atoms with E-state index in [0.29, 0.717) is 12.4 Å². The first-order chi connectivity index (χ1) is 4.43. The number of hydrogen-bond acceptors (Lipinski definition) is 1. The van der Waals surface area contributed by atoms with Crippen molar-refractivity contribution in [3.8, 4) is 0 Å². The maximum Gasteiger partial charge on any atom is 0.368 e. The summed E-state index contributed by atoms with van der Waals surface area (Å²) in [5, 5.41) is 0. The predicted molar refractivity (Wildman–Crippen MR) is 34.3 cm³/mol. The van der Waals surface area contributed by atoms with Gasteiger partial charge < -0.3 is 4.74 Å². The predicted octanol–water partition coefficient (Wildman–Crippen LogP) is 1.01. The van der Waals surface area contributed by atoms with Gasteiger partial charge in [-0.15, -0.1) is 6.08 Å². The normalized spacial score (nSPS) is 14.1. The van der Waals surface area contributed by atoms with Crippen LogP contribution < -0.4 is 0 Å². The fraction of sp³-hybridized carbons (Fsp3) is 0.286. The van der Waals surface area contributed by atoms with Gasteiger partial charge in [-0.2, -0.15) is 6.08 Å². The van der Waals surface area contributed by atoms with Crippen LogP contribution in [0.15, 0.2) is 17.9 Å². The van der Waals surface area contributed by atoms with E-state index >= 15 is 0 Å². The van der Waals surface area contributed by atoms with Crippen molar-refractivity contribution >= 4 is 5.94 Å². The van der Waals surface area contributed by atoms with Crippen molar-refractivity contribution in [2.45, 2.75) is 6.92 Å². The minimum absolute atomic E-state index is 0.626. The van der Waals surface area contributed by atoms with E-state index in [2.05, 4.69) is 5.94 Å². The van der Waals surface area contributed by atoms with E-state index in [9.17, 15) is 0 Å². The third kappa shape index (κ3) is 1.67. The minimum Gasteiger partial charge on any atom is -0.555 e. The molecule has 0 aromatic heterocycles.